The number of aryl methyl sites for hydroxylation is 1. The Labute approximate surface area is 146 Å². The van der Waals surface area contributed by atoms with E-state index in [-0.39, 0.29) is 11.2 Å². The van der Waals surface area contributed by atoms with Gasteiger partial charge in [-0.25, -0.2) is 0 Å². The highest BCUT2D eigenvalue weighted by atomic mass is 32.2. The van der Waals surface area contributed by atoms with Crippen molar-refractivity contribution in [3.8, 4) is 6.07 Å². The molecule has 7 heteroatoms. The first-order valence-corrected chi connectivity index (χ1v) is 8.87. The van der Waals surface area contributed by atoms with E-state index in [9.17, 15) is 4.79 Å². The molecular weight excluding hydrogens is 322 g/mol. The van der Waals surface area contributed by atoms with Gasteiger partial charge in [-0.1, -0.05) is 37.6 Å². The summed E-state index contributed by atoms with van der Waals surface area (Å²) >= 11 is 1.38. The third kappa shape index (κ3) is 5.10. The van der Waals surface area contributed by atoms with E-state index in [2.05, 4.69) is 28.5 Å². The molecule has 0 saturated heterocycles. The summed E-state index contributed by atoms with van der Waals surface area (Å²) in [4.78, 5) is 12.3. The van der Waals surface area contributed by atoms with Crippen LogP contribution >= 0.6 is 11.8 Å². The fourth-order valence-corrected chi connectivity index (χ4v) is 2.99. The molecule has 0 saturated carbocycles. The Morgan fingerprint density at radius 3 is 3.04 bits per heavy atom. The minimum Gasteiger partial charge on any atom is -0.325 e. The molecule has 2 aromatic rings. The van der Waals surface area contributed by atoms with Gasteiger partial charge in [0, 0.05) is 12.2 Å². The number of hydrogen-bond donors (Lipinski definition) is 1. The quantitative estimate of drug-likeness (QED) is 0.586. The standard InChI is InChI=1S/C17H21N5OS/c1-3-4-5-9-22-12-19-21-17(22)24-13(2)16(23)20-15-8-6-7-14(10-15)11-18/h6-8,10,12-13H,3-5,9H2,1-2H3,(H,20,23)/t13-/m1/s1. The highest BCUT2D eigenvalue weighted by molar-refractivity contribution is 8.00. The first-order chi connectivity index (χ1) is 11.6. The van der Waals surface area contributed by atoms with Gasteiger partial charge in [0.05, 0.1) is 16.9 Å². The van der Waals surface area contributed by atoms with Crippen molar-refractivity contribution in [2.45, 2.75) is 50.1 Å². The molecule has 6 nitrogen and oxygen atoms in total. The number of carbonyl (C=O) groups excluding carboxylic acids is 1. The van der Waals surface area contributed by atoms with Gasteiger partial charge in [-0.05, 0) is 31.5 Å². The van der Waals surface area contributed by atoms with Crippen LogP contribution in [0.25, 0.3) is 0 Å². The Kier molecular flexibility index (Phi) is 6.82. The number of anilines is 1. The Hall–Kier alpha value is -2.33. The maximum absolute atomic E-state index is 12.3. The SMILES string of the molecule is CCCCCn1cnnc1S[C@H](C)C(=O)Nc1cccc(C#N)c1. The largest absolute Gasteiger partial charge is 0.325 e. The molecule has 0 aliphatic heterocycles. The highest BCUT2D eigenvalue weighted by Gasteiger charge is 2.18. The van der Waals surface area contributed by atoms with Crippen molar-refractivity contribution in [2.24, 2.45) is 0 Å². The molecule has 24 heavy (non-hydrogen) atoms. The second-order valence-corrected chi connectivity index (χ2v) is 6.76. The third-order valence-electron chi connectivity index (χ3n) is 3.49. The first kappa shape index (κ1) is 18.0. The van der Waals surface area contributed by atoms with Crippen LogP contribution in [0.1, 0.15) is 38.7 Å². The van der Waals surface area contributed by atoms with Gasteiger partial charge in [0.2, 0.25) is 5.91 Å². The molecule has 0 unspecified atom stereocenters. The molecule has 0 spiro atoms. The van der Waals surface area contributed by atoms with Crippen molar-refractivity contribution in [2.75, 3.05) is 5.32 Å². The van der Waals surface area contributed by atoms with Crippen LogP contribution in [0.2, 0.25) is 0 Å². The smallest absolute Gasteiger partial charge is 0.237 e. The number of rotatable bonds is 8. The maximum Gasteiger partial charge on any atom is 0.237 e. The lowest BCUT2D eigenvalue weighted by Crippen LogP contribution is -2.23. The van der Waals surface area contributed by atoms with Gasteiger partial charge in [0.25, 0.3) is 0 Å². The Morgan fingerprint density at radius 2 is 2.29 bits per heavy atom. The molecule has 0 aliphatic carbocycles. The lowest BCUT2D eigenvalue weighted by molar-refractivity contribution is -0.115. The zero-order valence-electron chi connectivity index (χ0n) is 13.9. The predicted molar refractivity (Wildman–Crippen MR) is 94.7 cm³/mol. The molecule has 1 aromatic carbocycles. The molecule has 1 amide bonds. The van der Waals surface area contributed by atoms with Crippen molar-refractivity contribution >= 4 is 23.4 Å². The average Bonchev–Trinajstić information content (AvgIpc) is 3.02. The van der Waals surface area contributed by atoms with E-state index in [1.807, 2.05) is 11.5 Å². The van der Waals surface area contributed by atoms with Crippen LogP contribution < -0.4 is 5.32 Å². The minimum atomic E-state index is -0.315. The third-order valence-corrected chi connectivity index (χ3v) is 4.59. The summed E-state index contributed by atoms with van der Waals surface area (Å²) in [6.07, 6.45) is 5.10. The number of thioether (sulfide) groups is 1. The second kappa shape index (κ2) is 9.08. The van der Waals surface area contributed by atoms with Crippen molar-refractivity contribution < 1.29 is 4.79 Å². The van der Waals surface area contributed by atoms with Crippen LogP contribution in [0.4, 0.5) is 5.69 Å². The van der Waals surface area contributed by atoms with E-state index in [1.54, 1.807) is 30.6 Å². The number of nitrogens with one attached hydrogen (secondary N) is 1. The summed E-state index contributed by atoms with van der Waals surface area (Å²) in [7, 11) is 0. The average molecular weight is 343 g/mol. The number of nitriles is 1. The second-order valence-electron chi connectivity index (χ2n) is 5.46. The molecule has 1 aromatic heterocycles. The van der Waals surface area contributed by atoms with Crippen LogP contribution in [0.5, 0.6) is 0 Å². The summed E-state index contributed by atoms with van der Waals surface area (Å²) in [6, 6.07) is 8.93. The van der Waals surface area contributed by atoms with Crippen LogP contribution in [0, 0.1) is 11.3 Å². The van der Waals surface area contributed by atoms with Gasteiger partial charge in [-0.3, -0.25) is 4.79 Å². The monoisotopic (exact) mass is 343 g/mol. The lowest BCUT2D eigenvalue weighted by atomic mass is 10.2. The zero-order chi connectivity index (χ0) is 17.4. The molecule has 126 valence electrons. The summed E-state index contributed by atoms with van der Waals surface area (Å²) in [5, 5.41) is 20.2. The number of nitrogens with zero attached hydrogens (tertiary/aromatic N) is 4. The fourth-order valence-electron chi connectivity index (χ4n) is 2.14. The van der Waals surface area contributed by atoms with Gasteiger partial charge < -0.3 is 9.88 Å². The normalized spacial score (nSPS) is 11.7. The maximum atomic E-state index is 12.3. The van der Waals surface area contributed by atoms with Crippen molar-refractivity contribution in [3.63, 3.8) is 0 Å². The van der Waals surface area contributed by atoms with E-state index in [0.29, 0.717) is 11.3 Å². The molecule has 0 aliphatic rings. The molecule has 0 fully saturated rings. The minimum absolute atomic E-state index is 0.127. The number of hydrogen-bond acceptors (Lipinski definition) is 5. The van der Waals surface area contributed by atoms with Crippen molar-refractivity contribution in [1.82, 2.24) is 14.8 Å². The van der Waals surface area contributed by atoms with Crippen molar-refractivity contribution in [3.05, 3.63) is 36.2 Å². The summed E-state index contributed by atoms with van der Waals surface area (Å²) in [5.74, 6) is -0.127. The summed E-state index contributed by atoms with van der Waals surface area (Å²) < 4.78 is 1.99. The van der Waals surface area contributed by atoms with Gasteiger partial charge in [0.1, 0.15) is 6.33 Å². The number of benzene rings is 1. The van der Waals surface area contributed by atoms with Gasteiger partial charge in [0.15, 0.2) is 5.16 Å². The number of unbranched alkanes of at least 4 members (excludes halogenated alkanes) is 2. The predicted octanol–water partition coefficient (Wildman–Crippen LogP) is 3.46. The lowest BCUT2D eigenvalue weighted by Gasteiger charge is -2.12. The number of aromatic nitrogens is 3. The molecular formula is C17H21N5OS. The molecule has 0 radical (unpaired) electrons. The van der Waals surface area contributed by atoms with Crippen LogP contribution in [-0.2, 0) is 11.3 Å². The highest BCUT2D eigenvalue weighted by Crippen LogP contribution is 2.22. The summed E-state index contributed by atoms with van der Waals surface area (Å²) in [6.45, 7) is 4.86. The van der Waals surface area contributed by atoms with Crippen LogP contribution in [0.15, 0.2) is 35.7 Å². The molecule has 1 atom stereocenters. The summed E-state index contributed by atoms with van der Waals surface area (Å²) in [5.41, 5.74) is 1.14. The zero-order valence-corrected chi connectivity index (χ0v) is 14.7. The molecule has 1 heterocycles. The van der Waals surface area contributed by atoms with E-state index in [0.717, 1.165) is 31.0 Å². The Bertz CT molecular complexity index is 722. The first-order valence-electron chi connectivity index (χ1n) is 7.99. The number of amides is 1. The van der Waals surface area contributed by atoms with Gasteiger partial charge >= 0.3 is 0 Å². The van der Waals surface area contributed by atoms with E-state index in [1.165, 1.54) is 11.8 Å². The van der Waals surface area contributed by atoms with E-state index >= 15 is 0 Å². The molecule has 0 bridgehead atoms. The molecule has 1 N–H and O–H groups in total. The Balaban J connectivity index is 1.94. The number of carbonyl (C=O) groups is 1. The molecule has 2 rings (SSSR count). The fraction of sp³-hybridized carbons (Fsp3) is 0.412. The van der Waals surface area contributed by atoms with Crippen molar-refractivity contribution in [1.29, 1.82) is 5.26 Å². The van der Waals surface area contributed by atoms with Crippen LogP contribution in [-0.4, -0.2) is 25.9 Å². The topological polar surface area (TPSA) is 83.6 Å². The van der Waals surface area contributed by atoms with Crippen LogP contribution in [0.3, 0.4) is 0 Å². The van der Waals surface area contributed by atoms with E-state index < -0.39 is 0 Å². The van der Waals surface area contributed by atoms with Gasteiger partial charge in [-0.2, -0.15) is 5.26 Å². The van der Waals surface area contributed by atoms with Gasteiger partial charge in [-0.15, -0.1) is 10.2 Å². The Morgan fingerprint density at radius 1 is 1.46 bits per heavy atom. The van der Waals surface area contributed by atoms with E-state index in [4.69, 9.17) is 5.26 Å².